The van der Waals surface area contributed by atoms with E-state index in [1.807, 2.05) is 12.5 Å². The number of hydrogen-bond donors (Lipinski definition) is 0. The van der Waals surface area contributed by atoms with Crippen molar-refractivity contribution in [1.29, 1.82) is 0 Å². The van der Waals surface area contributed by atoms with Crippen molar-refractivity contribution in [3.63, 3.8) is 0 Å². The first-order chi connectivity index (χ1) is 11.8. The lowest BCUT2D eigenvalue weighted by molar-refractivity contribution is 0.572. The lowest BCUT2D eigenvalue weighted by atomic mass is 10.1. The Bertz CT molecular complexity index is 585. The third-order valence-electron chi connectivity index (χ3n) is 4.69. The highest BCUT2D eigenvalue weighted by Crippen LogP contribution is 2.50. The Morgan fingerprint density at radius 2 is 2.17 bits per heavy atom. The SMILES string of the molecule is CCCCC1CCSC(CCc2ccccc2)(Cn2ccnc2)S1. The summed E-state index contributed by atoms with van der Waals surface area (Å²) in [6.07, 6.45) is 13.8. The predicted octanol–water partition coefficient (Wildman–Crippen LogP) is 5.64. The van der Waals surface area contributed by atoms with Gasteiger partial charge in [-0.25, -0.2) is 4.98 Å². The average molecular weight is 361 g/mol. The Kier molecular flexibility index (Phi) is 6.73. The number of hydrogen-bond acceptors (Lipinski definition) is 3. The number of rotatable bonds is 8. The molecule has 1 aliphatic heterocycles. The molecule has 3 rings (SSSR count). The van der Waals surface area contributed by atoms with E-state index in [0.29, 0.717) is 0 Å². The molecule has 2 heterocycles. The van der Waals surface area contributed by atoms with Crippen LogP contribution in [0.15, 0.2) is 49.1 Å². The highest BCUT2D eigenvalue weighted by atomic mass is 32.2. The van der Waals surface area contributed by atoms with Gasteiger partial charge >= 0.3 is 0 Å². The van der Waals surface area contributed by atoms with Crippen LogP contribution in [-0.2, 0) is 13.0 Å². The summed E-state index contributed by atoms with van der Waals surface area (Å²) in [6, 6.07) is 10.9. The number of benzene rings is 1. The molecule has 2 aromatic rings. The number of unbranched alkanes of at least 4 members (excludes halogenated alkanes) is 1. The van der Waals surface area contributed by atoms with Gasteiger partial charge in [0.2, 0.25) is 0 Å². The smallest absolute Gasteiger partial charge is 0.0946 e. The van der Waals surface area contributed by atoms with E-state index in [2.05, 4.69) is 76.5 Å². The van der Waals surface area contributed by atoms with E-state index >= 15 is 0 Å². The van der Waals surface area contributed by atoms with Crippen LogP contribution in [0.3, 0.4) is 0 Å². The Morgan fingerprint density at radius 1 is 1.29 bits per heavy atom. The molecular formula is C20H28N2S2. The topological polar surface area (TPSA) is 17.8 Å². The van der Waals surface area contributed by atoms with E-state index < -0.39 is 0 Å². The van der Waals surface area contributed by atoms with Gasteiger partial charge < -0.3 is 4.57 Å². The summed E-state index contributed by atoms with van der Waals surface area (Å²) < 4.78 is 2.56. The van der Waals surface area contributed by atoms with E-state index in [0.717, 1.165) is 18.2 Å². The zero-order valence-corrected chi connectivity index (χ0v) is 16.2. The summed E-state index contributed by atoms with van der Waals surface area (Å²) >= 11 is 4.43. The van der Waals surface area contributed by atoms with Crippen LogP contribution in [0.2, 0.25) is 0 Å². The maximum atomic E-state index is 4.25. The third-order valence-corrected chi connectivity index (χ3v) is 8.20. The van der Waals surface area contributed by atoms with Gasteiger partial charge in [0.1, 0.15) is 0 Å². The molecule has 130 valence electrons. The standard InChI is InChI=1S/C20H28N2S2/c1-2-3-9-19-11-15-23-20(24-19,16-22-14-13-21-17-22)12-10-18-7-5-4-6-8-18/h4-8,13-14,17,19H,2-3,9-12,15-16H2,1H3. The normalized spacial score (nSPS) is 24.1. The molecule has 2 unspecified atom stereocenters. The van der Waals surface area contributed by atoms with Crippen LogP contribution in [0.5, 0.6) is 0 Å². The highest BCUT2D eigenvalue weighted by molar-refractivity contribution is 8.19. The minimum absolute atomic E-state index is 0.285. The van der Waals surface area contributed by atoms with Crippen molar-refractivity contribution in [1.82, 2.24) is 9.55 Å². The summed E-state index contributed by atoms with van der Waals surface area (Å²) in [5.41, 5.74) is 1.46. The molecule has 1 aliphatic rings. The lowest BCUT2D eigenvalue weighted by Gasteiger charge is -2.40. The molecule has 0 aliphatic carbocycles. The number of thioether (sulfide) groups is 2. The van der Waals surface area contributed by atoms with Gasteiger partial charge in [0.25, 0.3) is 0 Å². The minimum Gasteiger partial charge on any atom is -0.335 e. The monoisotopic (exact) mass is 360 g/mol. The largest absolute Gasteiger partial charge is 0.335 e. The molecule has 2 nitrogen and oxygen atoms in total. The third kappa shape index (κ3) is 5.06. The summed E-state index contributed by atoms with van der Waals surface area (Å²) in [7, 11) is 0. The number of imidazole rings is 1. The molecule has 0 amide bonds. The molecule has 1 aromatic carbocycles. The van der Waals surface area contributed by atoms with Gasteiger partial charge in [0.05, 0.1) is 10.4 Å². The summed E-state index contributed by atoms with van der Waals surface area (Å²) in [5, 5.41) is 0.825. The molecule has 2 atom stereocenters. The van der Waals surface area contributed by atoms with Gasteiger partial charge in [-0.1, -0.05) is 50.1 Å². The van der Waals surface area contributed by atoms with Crippen molar-refractivity contribution < 1.29 is 0 Å². The van der Waals surface area contributed by atoms with E-state index in [4.69, 9.17) is 0 Å². The first-order valence-electron chi connectivity index (χ1n) is 9.11. The Balaban J connectivity index is 1.70. The number of nitrogens with zero attached hydrogens (tertiary/aromatic N) is 2. The first kappa shape index (κ1) is 17.9. The van der Waals surface area contributed by atoms with Gasteiger partial charge in [0, 0.05) is 24.2 Å². The van der Waals surface area contributed by atoms with Crippen molar-refractivity contribution in [2.24, 2.45) is 0 Å². The minimum atomic E-state index is 0.285. The van der Waals surface area contributed by atoms with Crippen LogP contribution >= 0.6 is 23.5 Å². The fourth-order valence-corrected chi connectivity index (χ4v) is 7.25. The Labute approximate surface area is 154 Å². The number of aromatic nitrogens is 2. The predicted molar refractivity (Wildman–Crippen MR) is 108 cm³/mol. The summed E-state index contributed by atoms with van der Waals surface area (Å²) in [5.74, 6) is 1.30. The molecule has 0 N–H and O–H groups in total. The van der Waals surface area contributed by atoms with Crippen molar-refractivity contribution >= 4 is 23.5 Å². The number of aryl methyl sites for hydroxylation is 1. The average Bonchev–Trinajstić information content (AvgIpc) is 3.12. The van der Waals surface area contributed by atoms with E-state index in [-0.39, 0.29) is 4.08 Å². The second kappa shape index (κ2) is 9.00. The van der Waals surface area contributed by atoms with Crippen LogP contribution < -0.4 is 0 Å². The van der Waals surface area contributed by atoms with Gasteiger partial charge in [-0.2, -0.15) is 0 Å². The van der Waals surface area contributed by atoms with Crippen molar-refractivity contribution in [2.75, 3.05) is 5.75 Å². The zero-order chi connectivity index (χ0) is 16.7. The Hall–Kier alpha value is -0.870. The molecule has 1 saturated heterocycles. The zero-order valence-electron chi connectivity index (χ0n) is 14.6. The van der Waals surface area contributed by atoms with E-state index in [1.54, 1.807) is 0 Å². The van der Waals surface area contributed by atoms with Gasteiger partial charge in [-0.3, -0.25) is 0 Å². The van der Waals surface area contributed by atoms with Crippen molar-refractivity contribution in [3.05, 3.63) is 54.6 Å². The molecule has 24 heavy (non-hydrogen) atoms. The highest BCUT2D eigenvalue weighted by Gasteiger charge is 2.37. The van der Waals surface area contributed by atoms with Crippen LogP contribution in [-0.4, -0.2) is 24.6 Å². The van der Waals surface area contributed by atoms with Gasteiger partial charge in [0.15, 0.2) is 0 Å². The van der Waals surface area contributed by atoms with E-state index in [1.165, 1.54) is 43.4 Å². The van der Waals surface area contributed by atoms with E-state index in [9.17, 15) is 0 Å². The molecule has 0 bridgehead atoms. The second-order valence-electron chi connectivity index (χ2n) is 6.65. The maximum absolute atomic E-state index is 4.25. The fourth-order valence-electron chi connectivity index (χ4n) is 3.34. The fraction of sp³-hybridized carbons (Fsp3) is 0.550. The maximum Gasteiger partial charge on any atom is 0.0946 e. The van der Waals surface area contributed by atoms with Crippen LogP contribution in [0.4, 0.5) is 0 Å². The van der Waals surface area contributed by atoms with Crippen LogP contribution in [0.1, 0.15) is 44.6 Å². The Morgan fingerprint density at radius 3 is 2.92 bits per heavy atom. The van der Waals surface area contributed by atoms with Gasteiger partial charge in [-0.15, -0.1) is 23.5 Å². The molecule has 0 radical (unpaired) electrons. The van der Waals surface area contributed by atoms with Gasteiger partial charge in [-0.05, 0) is 37.0 Å². The van der Waals surface area contributed by atoms with Crippen LogP contribution in [0, 0.1) is 0 Å². The molecular weight excluding hydrogens is 332 g/mol. The molecule has 1 aromatic heterocycles. The molecule has 0 spiro atoms. The first-order valence-corrected chi connectivity index (χ1v) is 11.0. The summed E-state index contributed by atoms with van der Waals surface area (Å²) in [6.45, 7) is 3.37. The lowest BCUT2D eigenvalue weighted by Crippen LogP contribution is -2.34. The summed E-state index contributed by atoms with van der Waals surface area (Å²) in [4.78, 5) is 4.25. The van der Waals surface area contributed by atoms with Crippen molar-refractivity contribution in [3.8, 4) is 0 Å². The quantitative estimate of drug-likeness (QED) is 0.606. The molecule has 4 heteroatoms. The van der Waals surface area contributed by atoms with Crippen molar-refractivity contribution in [2.45, 2.75) is 61.3 Å². The molecule has 0 saturated carbocycles. The van der Waals surface area contributed by atoms with Crippen LogP contribution in [0.25, 0.3) is 0 Å². The second-order valence-corrected chi connectivity index (χ2v) is 10.1. The molecule has 1 fully saturated rings.